The summed E-state index contributed by atoms with van der Waals surface area (Å²) in [5, 5.41) is 9.49. The molecule has 0 saturated heterocycles. The number of aliphatic hydroxyl groups is 1. The van der Waals surface area contributed by atoms with Gasteiger partial charge in [-0.1, -0.05) is 6.92 Å². The molecule has 2 amide bonds. The Balaban J connectivity index is 1.93. The highest BCUT2D eigenvalue weighted by atomic mass is 16.3. The highest BCUT2D eigenvalue weighted by Gasteiger charge is 2.48. The van der Waals surface area contributed by atoms with Crippen molar-refractivity contribution < 1.29 is 14.7 Å². The lowest BCUT2D eigenvalue weighted by atomic mass is 10.1. The third-order valence-electron chi connectivity index (χ3n) is 2.90. The number of rotatable bonds is 3. The Morgan fingerprint density at radius 2 is 2.11 bits per heavy atom. The Kier molecular flexibility index (Phi) is 3.29. The SMILES string of the molecule is CCc1cncc(C(=O)NNC(=O)C2(O)CC2)c1. The summed E-state index contributed by atoms with van der Waals surface area (Å²) in [4.78, 5) is 27.1. The number of nitrogens with zero attached hydrogens (tertiary/aromatic N) is 1. The molecule has 1 heterocycles. The molecule has 18 heavy (non-hydrogen) atoms. The summed E-state index contributed by atoms with van der Waals surface area (Å²) in [7, 11) is 0. The first-order valence-corrected chi connectivity index (χ1v) is 5.82. The van der Waals surface area contributed by atoms with E-state index in [-0.39, 0.29) is 0 Å². The van der Waals surface area contributed by atoms with Gasteiger partial charge in [-0.3, -0.25) is 25.4 Å². The molecule has 1 aromatic rings. The third kappa shape index (κ3) is 2.65. The molecule has 6 nitrogen and oxygen atoms in total. The van der Waals surface area contributed by atoms with Crippen molar-refractivity contribution in [3.63, 3.8) is 0 Å². The molecule has 2 rings (SSSR count). The first-order valence-electron chi connectivity index (χ1n) is 5.82. The normalized spacial score (nSPS) is 15.9. The fraction of sp³-hybridized carbons (Fsp3) is 0.417. The lowest BCUT2D eigenvalue weighted by Gasteiger charge is -2.10. The van der Waals surface area contributed by atoms with Crippen LogP contribution in [0.15, 0.2) is 18.5 Å². The van der Waals surface area contributed by atoms with E-state index in [9.17, 15) is 14.7 Å². The lowest BCUT2D eigenvalue weighted by molar-refractivity contribution is -0.132. The predicted molar refractivity (Wildman–Crippen MR) is 63.4 cm³/mol. The van der Waals surface area contributed by atoms with Gasteiger partial charge in [0.05, 0.1) is 5.56 Å². The zero-order valence-corrected chi connectivity index (χ0v) is 10.1. The van der Waals surface area contributed by atoms with Crippen molar-refractivity contribution in [1.29, 1.82) is 0 Å². The molecule has 1 saturated carbocycles. The fourth-order valence-corrected chi connectivity index (χ4v) is 1.45. The van der Waals surface area contributed by atoms with Crippen molar-refractivity contribution in [2.45, 2.75) is 31.8 Å². The number of amides is 2. The van der Waals surface area contributed by atoms with Crippen LogP contribution in [0.5, 0.6) is 0 Å². The summed E-state index contributed by atoms with van der Waals surface area (Å²) in [6.07, 6.45) is 4.75. The van der Waals surface area contributed by atoms with Crippen LogP contribution in [-0.2, 0) is 11.2 Å². The lowest BCUT2D eigenvalue weighted by Crippen LogP contribution is -2.47. The molecule has 96 valence electrons. The highest BCUT2D eigenvalue weighted by molar-refractivity contribution is 5.96. The van der Waals surface area contributed by atoms with Crippen LogP contribution in [0.1, 0.15) is 35.7 Å². The molecular formula is C12H15N3O3. The van der Waals surface area contributed by atoms with E-state index in [2.05, 4.69) is 15.8 Å². The number of hydrogen-bond acceptors (Lipinski definition) is 4. The van der Waals surface area contributed by atoms with Gasteiger partial charge in [-0.15, -0.1) is 0 Å². The molecule has 0 bridgehead atoms. The van der Waals surface area contributed by atoms with Gasteiger partial charge in [-0.25, -0.2) is 0 Å². The Bertz CT molecular complexity index is 483. The standard InChI is InChI=1S/C12H15N3O3/c1-2-8-5-9(7-13-6-8)10(16)14-15-11(17)12(18)3-4-12/h5-7,18H,2-4H2,1H3,(H,14,16)(H,15,17). The van der Waals surface area contributed by atoms with Crippen LogP contribution in [0.3, 0.4) is 0 Å². The second kappa shape index (κ2) is 4.73. The first-order chi connectivity index (χ1) is 8.55. The molecular weight excluding hydrogens is 234 g/mol. The maximum absolute atomic E-state index is 11.7. The highest BCUT2D eigenvalue weighted by Crippen LogP contribution is 2.34. The van der Waals surface area contributed by atoms with Crippen molar-refractivity contribution in [2.24, 2.45) is 0 Å². The van der Waals surface area contributed by atoms with E-state index >= 15 is 0 Å². The summed E-state index contributed by atoms with van der Waals surface area (Å²) < 4.78 is 0. The van der Waals surface area contributed by atoms with E-state index in [1.807, 2.05) is 6.92 Å². The van der Waals surface area contributed by atoms with Gasteiger partial charge < -0.3 is 5.11 Å². The minimum Gasteiger partial charge on any atom is -0.380 e. The third-order valence-corrected chi connectivity index (χ3v) is 2.90. The smallest absolute Gasteiger partial charge is 0.271 e. The van der Waals surface area contributed by atoms with Gasteiger partial charge in [0, 0.05) is 12.4 Å². The second-order valence-electron chi connectivity index (χ2n) is 4.38. The minimum absolute atomic E-state index is 0.373. The molecule has 1 fully saturated rings. The van der Waals surface area contributed by atoms with E-state index in [0.717, 1.165) is 12.0 Å². The molecule has 0 aliphatic heterocycles. The Hall–Kier alpha value is -1.95. The van der Waals surface area contributed by atoms with Crippen LogP contribution in [0.2, 0.25) is 0 Å². The molecule has 0 radical (unpaired) electrons. The molecule has 1 aliphatic rings. The number of nitrogens with one attached hydrogen (secondary N) is 2. The van der Waals surface area contributed by atoms with Crippen LogP contribution in [0.25, 0.3) is 0 Å². The second-order valence-corrected chi connectivity index (χ2v) is 4.38. The number of hydrogen-bond donors (Lipinski definition) is 3. The Morgan fingerprint density at radius 1 is 1.39 bits per heavy atom. The van der Waals surface area contributed by atoms with E-state index in [1.165, 1.54) is 6.20 Å². The van der Waals surface area contributed by atoms with E-state index in [4.69, 9.17) is 0 Å². The summed E-state index contributed by atoms with van der Waals surface area (Å²) in [6.45, 7) is 1.96. The van der Waals surface area contributed by atoms with Crippen molar-refractivity contribution in [3.05, 3.63) is 29.6 Å². The van der Waals surface area contributed by atoms with Crippen LogP contribution in [0.4, 0.5) is 0 Å². The van der Waals surface area contributed by atoms with E-state index < -0.39 is 17.4 Å². The molecule has 1 aliphatic carbocycles. The number of carbonyl (C=O) groups is 2. The predicted octanol–water partition coefficient (Wildman–Crippen LogP) is -0.0701. The molecule has 0 atom stereocenters. The van der Waals surface area contributed by atoms with Crippen molar-refractivity contribution in [2.75, 3.05) is 0 Å². The maximum Gasteiger partial charge on any atom is 0.271 e. The molecule has 6 heteroatoms. The fourth-order valence-electron chi connectivity index (χ4n) is 1.45. The van der Waals surface area contributed by atoms with Gasteiger partial charge in [0.25, 0.3) is 11.8 Å². The number of carbonyl (C=O) groups excluding carboxylic acids is 2. The average Bonchev–Trinajstić information content (AvgIpc) is 3.15. The number of pyridine rings is 1. The van der Waals surface area contributed by atoms with Gasteiger partial charge in [-0.05, 0) is 30.9 Å². The summed E-state index contributed by atoms with van der Waals surface area (Å²) in [5.74, 6) is -1.02. The zero-order valence-electron chi connectivity index (χ0n) is 10.1. The van der Waals surface area contributed by atoms with E-state index in [0.29, 0.717) is 18.4 Å². The molecule has 0 spiro atoms. The number of aromatic nitrogens is 1. The van der Waals surface area contributed by atoms with Crippen molar-refractivity contribution in [1.82, 2.24) is 15.8 Å². The van der Waals surface area contributed by atoms with Crippen LogP contribution < -0.4 is 10.9 Å². The van der Waals surface area contributed by atoms with Crippen LogP contribution in [-0.4, -0.2) is 27.5 Å². The number of hydrazine groups is 1. The Labute approximate surface area is 104 Å². The van der Waals surface area contributed by atoms with Crippen molar-refractivity contribution >= 4 is 11.8 Å². The topological polar surface area (TPSA) is 91.3 Å². The minimum atomic E-state index is -1.29. The van der Waals surface area contributed by atoms with Crippen LogP contribution >= 0.6 is 0 Å². The average molecular weight is 249 g/mol. The quantitative estimate of drug-likeness (QED) is 0.654. The van der Waals surface area contributed by atoms with Gasteiger partial charge in [0.15, 0.2) is 0 Å². The zero-order chi connectivity index (χ0) is 13.2. The van der Waals surface area contributed by atoms with Gasteiger partial charge >= 0.3 is 0 Å². The monoisotopic (exact) mass is 249 g/mol. The largest absolute Gasteiger partial charge is 0.380 e. The van der Waals surface area contributed by atoms with Crippen molar-refractivity contribution in [3.8, 4) is 0 Å². The molecule has 0 aromatic carbocycles. The summed E-state index contributed by atoms with van der Waals surface area (Å²) in [5.41, 5.74) is 4.48. The molecule has 0 unspecified atom stereocenters. The molecule has 3 N–H and O–H groups in total. The number of aryl methyl sites for hydroxylation is 1. The Morgan fingerprint density at radius 3 is 2.72 bits per heavy atom. The molecule has 1 aromatic heterocycles. The maximum atomic E-state index is 11.7. The van der Waals surface area contributed by atoms with E-state index in [1.54, 1.807) is 12.3 Å². The first kappa shape index (κ1) is 12.5. The van der Waals surface area contributed by atoms with Gasteiger partial charge in [0.1, 0.15) is 5.60 Å². The van der Waals surface area contributed by atoms with Gasteiger partial charge in [-0.2, -0.15) is 0 Å². The summed E-state index contributed by atoms with van der Waals surface area (Å²) in [6, 6.07) is 1.71. The summed E-state index contributed by atoms with van der Waals surface area (Å²) >= 11 is 0. The van der Waals surface area contributed by atoms with Crippen LogP contribution in [0, 0.1) is 0 Å². The van der Waals surface area contributed by atoms with Gasteiger partial charge in [0.2, 0.25) is 0 Å².